The molecular weight excluding hydrogens is 284 g/mol. The smallest absolute Gasteiger partial charge is 0.161 e. The number of H-pyrrole nitrogens is 1. The highest BCUT2D eigenvalue weighted by Gasteiger charge is 2.08. The molecule has 0 amide bonds. The molecule has 0 aliphatic rings. The molecule has 0 saturated heterocycles. The largest absolute Gasteiger partial charge is 0.493 e. The fourth-order valence-electron chi connectivity index (χ4n) is 2.35. The maximum absolute atomic E-state index is 5.35. The van der Waals surface area contributed by atoms with Gasteiger partial charge in [0, 0.05) is 17.7 Å². The lowest BCUT2D eigenvalue weighted by atomic mass is 10.1. The number of nitrogens with one attached hydrogen (secondary N) is 1. The molecule has 0 fully saturated rings. The first-order valence-electron chi connectivity index (χ1n) is 6.88. The number of hydrogen-bond donors (Lipinski definition) is 1. The van der Waals surface area contributed by atoms with E-state index in [2.05, 4.69) is 16.9 Å². The van der Waals surface area contributed by atoms with Gasteiger partial charge in [0.15, 0.2) is 11.5 Å². The van der Waals surface area contributed by atoms with Crippen molar-refractivity contribution in [3.63, 3.8) is 0 Å². The van der Waals surface area contributed by atoms with E-state index in [4.69, 9.17) is 21.7 Å². The van der Waals surface area contributed by atoms with Gasteiger partial charge in [-0.2, -0.15) is 0 Å². The number of aromatic nitrogens is 2. The van der Waals surface area contributed by atoms with Gasteiger partial charge in [-0.1, -0.05) is 25.2 Å². The summed E-state index contributed by atoms with van der Waals surface area (Å²) in [4.78, 5) is 7.82. The van der Waals surface area contributed by atoms with Gasteiger partial charge < -0.3 is 14.5 Å². The summed E-state index contributed by atoms with van der Waals surface area (Å²) in [7, 11) is 3.26. The van der Waals surface area contributed by atoms with Crippen molar-refractivity contribution in [1.29, 1.82) is 0 Å². The Morgan fingerprint density at radius 1 is 1.19 bits per heavy atom. The molecule has 0 radical (unpaired) electrons. The van der Waals surface area contributed by atoms with Crippen LogP contribution in [0.4, 0.5) is 0 Å². The average Bonchev–Trinajstić information content (AvgIpc) is 2.46. The zero-order chi connectivity index (χ0) is 15.4. The van der Waals surface area contributed by atoms with E-state index in [0.29, 0.717) is 11.1 Å². The molecule has 2 rings (SSSR count). The van der Waals surface area contributed by atoms with Gasteiger partial charge in [0.25, 0.3) is 0 Å². The summed E-state index contributed by atoms with van der Waals surface area (Å²) in [5.41, 5.74) is 3.29. The molecule has 0 unspecified atom stereocenters. The minimum absolute atomic E-state index is 0.675. The fourth-order valence-corrected chi connectivity index (χ4v) is 2.76. The number of aromatic amines is 1. The van der Waals surface area contributed by atoms with Crippen LogP contribution in [0, 0.1) is 11.6 Å². The molecule has 0 saturated carbocycles. The van der Waals surface area contributed by atoms with E-state index >= 15 is 0 Å². The van der Waals surface area contributed by atoms with E-state index in [0.717, 1.165) is 40.6 Å². The zero-order valence-electron chi connectivity index (χ0n) is 12.8. The Balaban J connectivity index is 2.32. The number of aryl methyl sites for hydroxylation is 1. The van der Waals surface area contributed by atoms with Crippen LogP contribution in [-0.4, -0.2) is 24.2 Å². The summed E-state index contributed by atoms with van der Waals surface area (Å²) < 4.78 is 11.3. The van der Waals surface area contributed by atoms with Crippen molar-refractivity contribution in [1.82, 2.24) is 9.97 Å². The van der Waals surface area contributed by atoms with Crippen LogP contribution in [0.15, 0.2) is 18.2 Å². The second kappa shape index (κ2) is 6.72. The Bertz CT molecular complexity index is 695. The third-order valence-corrected chi connectivity index (χ3v) is 3.79. The van der Waals surface area contributed by atoms with E-state index in [1.807, 2.05) is 25.1 Å². The maximum atomic E-state index is 5.35. The van der Waals surface area contributed by atoms with Crippen LogP contribution in [0.2, 0.25) is 0 Å². The minimum Gasteiger partial charge on any atom is -0.493 e. The van der Waals surface area contributed by atoms with Gasteiger partial charge in [-0.15, -0.1) is 0 Å². The van der Waals surface area contributed by atoms with Crippen LogP contribution in [0.1, 0.15) is 29.6 Å². The molecule has 0 bridgehead atoms. The molecular formula is C16H20N2O2S. The van der Waals surface area contributed by atoms with Gasteiger partial charge in [-0.25, -0.2) is 4.98 Å². The second-order valence-electron chi connectivity index (χ2n) is 4.81. The first kappa shape index (κ1) is 15.5. The quantitative estimate of drug-likeness (QED) is 0.857. The van der Waals surface area contributed by atoms with Crippen molar-refractivity contribution in [2.45, 2.75) is 26.7 Å². The zero-order valence-corrected chi connectivity index (χ0v) is 13.6. The molecule has 1 heterocycles. The van der Waals surface area contributed by atoms with E-state index in [1.54, 1.807) is 14.2 Å². The highest BCUT2D eigenvalue weighted by molar-refractivity contribution is 7.71. The van der Waals surface area contributed by atoms with E-state index in [9.17, 15) is 0 Å². The third kappa shape index (κ3) is 3.42. The first-order valence-corrected chi connectivity index (χ1v) is 7.29. The predicted molar refractivity (Wildman–Crippen MR) is 85.9 cm³/mol. The van der Waals surface area contributed by atoms with Crippen molar-refractivity contribution < 1.29 is 9.47 Å². The number of hydrogen-bond acceptors (Lipinski definition) is 4. The number of nitrogens with zero attached hydrogens (tertiary/aromatic N) is 1. The lowest BCUT2D eigenvalue weighted by Gasteiger charge is -2.10. The van der Waals surface area contributed by atoms with Crippen LogP contribution in [0.25, 0.3) is 0 Å². The lowest BCUT2D eigenvalue weighted by Crippen LogP contribution is -2.03. The van der Waals surface area contributed by atoms with Crippen LogP contribution >= 0.6 is 12.2 Å². The van der Waals surface area contributed by atoms with Gasteiger partial charge in [0.1, 0.15) is 10.5 Å². The van der Waals surface area contributed by atoms with Gasteiger partial charge in [-0.3, -0.25) is 0 Å². The first-order chi connectivity index (χ1) is 10.1. The predicted octanol–water partition coefficient (Wildman–Crippen LogP) is 3.62. The SMILES string of the molecule is CCc1c(C)[nH]c(Cc2ccc(OC)c(OC)c2)nc1=S. The van der Waals surface area contributed by atoms with E-state index in [-0.39, 0.29) is 0 Å². The summed E-state index contributed by atoms with van der Waals surface area (Å²) in [6, 6.07) is 5.86. The van der Waals surface area contributed by atoms with Crippen LogP contribution < -0.4 is 9.47 Å². The number of ether oxygens (including phenoxy) is 2. The molecule has 0 aliphatic heterocycles. The Kier molecular flexibility index (Phi) is 4.96. The molecule has 112 valence electrons. The Hall–Kier alpha value is -1.88. The molecule has 5 heteroatoms. The van der Waals surface area contributed by atoms with Crippen molar-refractivity contribution in [3.8, 4) is 11.5 Å². The van der Waals surface area contributed by atoms with Gasteiger partial charge >= 0.3 is 0 Å². The number of benzene rings is 1. The number of rotatable bonds is 5. The van der Waals surface area contributed by atoms with Gasteiger partial charge in [0.2, 0.25) is 0 Å². The Morgan fingerprint density at radius 2 is 1.90 bits per heavy atom. The molecule has 0 atom stereocenters. The van der Waals surface area contributed by atoms with Gasteiger partial charge in [0.05, 0.1) is 14.2 Å². The second-order valence-corrected chi connectivity index (χ2v) is 5.20. The summed E-state index contributed by atoms with van der Waals surface area (Å²) in [6.07, 6.45) is 1.57. The van der Waals surface area contributed by atoms with Crippen LogP contribution in [0.3, 0.4) is 0 Å². The van der Waals surface area contributed by atoms with Crippen molar-refractivity contribution in [3.05, 3.63) is 45.5 Å². The summed E-state index contributed by atoms with van der Waals surface area (Å²) in [6.45, 7) is 4.12. The summed E-state index contributed by atoms with van der Waals surface area (Å²) in [5.74, 6) is 2.30. The van der Waals surface area contributed by atoms with Crippen molar-refractivity contribution in [2.75, 3.05) is 14.2 Å². The third-order valence-electron chi connectivity index (χ3n) is 3.45. The van der Waals surface area contributed by atoms with Crippen molar-refractivity contribution >= 4 is 12.2 Å². The Morgan fingerprint density at radius 3 is 2.48 bits per heavy atom. The fraction of sp³-hybridized carbons (Fsp3) is 0.375. The van der Waals surface area contributed by atoms with E-state index in [1.165, 1.54) is 0 Å². The highest BCUT2D eigenvalue weighted by Crippen LogP contribution is 2.28. The minimum atomic E-state index is 0.675. The maximum Gasteiger partial charge on any atom is 0.161 e. The van der Waals surface area contributed by atoms with Crippen LogP contribution in [0.5, 0.6) is 11.5 Å². The summed E-state index contributed by atoms with van der Waals surface area (Å²) in [5, 5.41) is 0. The molecule has 4 nitrogen and oxygen atoms in total. The van der Waals surface area contributed by atoms with Gasteiger partial charge in [-0.05, 0) is 31.0 Å². The Labute approximate surface area is 130 Å². The summed E-state index contributed by atoms with van der Waals surface area (Å²) >= 11 is 5.35. The standard InChI is InChI=1S/C16H20N2O2S/c1-5-12-10(2)17-15(18-16(12)21)9-11-6-7-13(19-3)14(8-11)20-4/h6-8H,5,9H2,1-4H3,(H,17,18,21). The monoisotopic (exact) mass is 304 g/mol. The van der Waals surface area contributed by atoms with E-state index < -0.39 is 0 Å². The molecule has 1 aromatic heterocycles. The normalized spacial score (nSPS) is 10.5. The molecule has 2 aromatic rings. The molecule has 1 aromatic carbocycles. The number of methoxy groups -OCH3 is 2. The molecule has 0 aliphatic carbocycles. The molecule has 1 N–H and O–H groups in total. The molecule has 21 heavy (non-hydrogen) atoms. The molecule has 0 spiro atoms. The van der Waals surface area contributed by atoms with Crippen molar-refractivity contribution in [2.24, 2.45) is 0 Å². The lowest BCUT2D eigenvalue weighted by molar-refractivity contribution is 0.354. The highest BCUT2D eigenvalue weighted by atomic mass is 32.1. The average molecular weight is 304 g/mol. The van der Waals surface area contributed by atoms with Crippen LogP contribution in [-0.2, 0) is 12.8 Å². The topological polar surface area (TPSA) is 47.1 Å².